The fourth-order valence-electron chi connectivity index (χ4n) is 2.20. The maximum atomic E-state index is 11.6. The summed E-state index contributed by atoms with van der Waals surface area (Å²) in [5.41, 5.74) is 1.64. The van der Waals surface area contributed by atoms with Crippen LogP contribution in [-0.4, -0.2) is 43.2 Å². The minimum absolute atomic E-state index is 0.0202. The van der Waals surface area contributed by atoms with E-state index in [-0.39, 0.29) is 11.6 Å². The lowest BCUT2D eigenvalue weighted by Crippen LogP contribution is -2.28. The van der Waals surface area contributed by atoms with Crippen molar-refractivity contribution in [3.63, 3.8) is 0 Å². The minimum atomic E-state index is -1.15. The van der Waals surface area contributed by atoms with Crippen molar-refractivity contribution in [2.75, 3.05) is 11.9 Å². The summed E-state index contributed by atoms with van der Waals surface area (Å²) < 4.78 is 1.17. The second kappa shape index (κ2) is 6.32. The van der Waals surface area contributed by atoms with Gasteiger partial charge in [0.15, 0.2) is 11.3 Å². The van der Waals surface area contributed by atoms with Crippen molar-refractivity contribution in [3.05, 3.63) is 42.4 Å². The SMILES string of the molecule is CCNC(=O)Nc1nc2cc(-c3cccnc3)cc(C(=O)O)n2n1. The van der Waals surface area contributed by atoms with Crippen LogP contribution in [0.3, 0.4) is 0 Å². The smallest absolute Gasteiger partial charge is 0.354 e. The van der Waals surface area contributed by atoms with Gasteiger partial charge in [-0.05, 0) is 30.7 Å². The molecule has 0 aliphatic carbocycles. The van der Waals surface area contributed by atoms with Gasteiger partial charge in [-0.2, -0.15) is 4.98 Å². The largest absolute Gasteiger partial charge is 0.477 e. The fraction of sp³-hybridized carbons (Fsp3) is 0.133. The molecule has 3 rings (SSSR count). The Balaban J connectivity index is 2.08. The lowest BCUT2D eigenvalue weighted by Gasteiger charge is -2.04. The number of nitrogens with one attached hydrogen (secondary N) is 2. The average molecular weight is 326 g/mol. The first-order valence-electron chi connectivity index (χ1n) is 7.18. The molecule has 0 radical (unpaired) electrons. The van der Waals surface area contributed by atoms with Gasteiger partial charge in [-0.25, -0.2) is 14.1 Å². The maximum Gasteiger partial charge on any atom is 0.354 e. The van der Waals surface area contributed by atoms with Crippen molar-refractivity contribution in [3.8, 4) is 11.1 Å². The van der Waals surface area contributed by atoms with Crippen LogP contribution in [0.5, 0.6) is 0 Å². The average Bonchev–Trinajstić information content (AvgIpc) is 2.96. The van der Waals surface area contributed by atoms with Gasteiger partial charge in [0.05, 0.1) is 0 Å². The molecule has 9 nitrogen and oxygen atoms in total. The first-order chi connectivity index (χ1) is 11.6. The van der Waals surface area contributed by atoms with Crippen molar-refractivity contribution in [1.82, 2.24) is 24.9 Å². The normalized spacial score (nSPS) is 10.5. The number of pyridine rings is 2. The number of hydrogen-bond donors (Lipinski definition) is 3. The number of amides is 2. The number of hydrogen-bond acceptors (Lipinski definition) is 5. The molecular weight excluding hydrogens is 312 g/mol. The molecule has 24 heavy (non-hydrogen) atoms. The number of aromatic nitrogens is 4. The Morgan fingerprint density at radius 1 is 1.29 bits per heavy atom. The molecule has 3 aromatic rings. The molecule has 0 aliphatic heterocycles. The highest BCUT2D eigenvalue weighted by atomic mass is 16.4. The molecule has 3 N–H and O–H groups in total. The molecule has 0 bridgehead atoms. The van der Waals surface area contributed by atoms with Crippen molar-refractivity contribution >= 4 is 23.6 Å². The van der Waals surface area contributed by atoms with E-state index in [0.717, 1.165) is 5.56 Å². The summed E-state index contributed by atoms with van der Waals surface area (Å²) in [6, 6.07) is 6.27. The number of anilines is 1. The standard InChI is InChI=1S/C15H14N6O3/c1-2-17-15(24)19-14-18-12-7-10(9-4-3-5-16-8-9)6-11(13(22)23)21(12)20-14/h3-8H,2H2,1H3,(H,22,23)(H2,17,19,20,24). The van der Waals surface area contributed by atoms with E-state index in [4.69, 9.17) is 0 Å². The molecule has 0 fully saturated rings. The molecule has 0 aliphatic rings. The third-order valence-electron chi connectivity index (χ3n) is 3.21. The Bertz CT molecular complexity index is 906. The van der Waals surface area contributed by atoms with Gasteiger partial charge in [0.2, 0.25) is 0 Å². The van der Waals surface area contributed by atoms with Gasteiger partial charge in [-0.1, -0.05) is 6.07 Å². The van der Waals surface area contributed by atoms with E-state index in [1.165, 1.54) is 10.6 Å². The number of carboxylic acid groups (broad SMARTS) is 1. The zero-order valence-corrected chi connectivity index (χ0v) is 12.7. The van der Waals surface area contributed by atoms with Crippen LogP contribution in [0.4, 0.5) is 10.7 Å². The molecule has 0 aromatic carbocycles. The highest BCUT2D eigenvalue weighted by Gasteiger charge is 2.16. The van der Waals surface area contributed by atoms with Crippen LogP contribution in [0.2, 0.25) is 0 Å². The second-order valence-corrected chi connectivity index (χ2v) is 4.87. The number of carbonyl (C=O) groups excluding carboxylic acids is 1. The third-order valence-corrected chi connectivity index (χ3v) is 3.21. The molecule has 122 valence electrons. The van der Waals surface area contributed by atoms with Crippen LogP contribution >= 0.6 is 0 Å². The first-order valence-corrected chi connectivity index (χ1v) is 7.18. The van der Waals surface area contributed by atoms with Gasteiger partial charge in [0, 0.05) is 24.5 Å². The first kappa shape index (κ1) is 15.4. The summed E-state index contributed by atoms with van der Waals surface area (Å²) in [5.74, 6) is -1.13. The second-order valence-electron chi connectivity index (χ2n) is 4.87. The number of urea groups is 1. The lowest BCUT2D eigenvalue weighted by molar-refractivity contribution is 0.0687. The zero-order valence-electron chi connectivity index (χ0n) is 12.7. The Labute approximate surface area is 136 Å². The van der Waals surface area contributed by atoms with E-state index in [9.17, 15) is 14.7 Å². The molecule has 3 aromatic heterocycles. The summed E-state index contributed by atoms with van der Waals surface area (Å²) >= 11 is 0. The van der Waals surface area contributed by atoms with Crippen LogP contribution in [-0.2, 0) is 0 Å². The van der Waals surface area contributed by atoms with E-state index in [1.54, 1.807) is 31.5 Å². The molecule has 0 atom stereocenters. The number of aromatic carboxylic acids is 1. The van der Waals surface area contributed by atoms with E-state index in [0.29, 0.717) is 17.8 Å². The zero-order chi connectivity index (χ0) is 17.1. The molecule has 0 saturated heterocycles. The molecule has 0 unspecified atom stereocenters. The predicted molar refractivity (Wildman–Crippen MR) is 85.9 cm³/mol. The summed E-state index contributed by atoms with van der Waals surface area (Å²) in [6.45, 7) is 2.23. The molecule has 9 heteroatoms. The summed E-state index contributed by atoms with van der Waals surface area (Å²) in [7, 11) is 0. The van der Waals surface area contributed by atoms with Crippen LogP contribution in [0, 0.1) is 0 Å². The van der Waals surface area contributed by atoms with Crippen molar-refractivity contribution in [1.29, 1.82) is 0 Å². The maximum absolute atomic E-state index is 11.6. The van der Waals surface area contributed by atoms with Crippen LogP contribution < -0.4 is 10.6 Å². The van der Waals surface area contributed by atoms with Gasteiger partial charge in [-0.3, -0.25) is 10.3 Å². The van der Waals surface area contributed by atoms with Gasteiger partial charge in [0.1, 0.15) is 0 Å². The number of carbonyl (C=O) groups is 2. The van der Waals surface area contributed by atoms with E-state index >= 15 is 0 Å². The predicted octanol–water partition coefficient (Wildman–Crippen LogP) is 1.63. The Morgan fingerprint density at radius 2 is 2.12 bits per heavy atom. The van der Waals surface area contributed by atoms with E-state index < -0.39 is 12.0 Å². The fourth-order valence-corrected chi connectivity index (χ4v) is 2.20. The third kappa shape index (κ3) is 3.00. The summed E-state index contributed by atoms with van der Waals surface area (Å²) in [6.07, 6.45) is 3.26. The van der Waals surface area contributed by atoms with Gasteiger partial charge in [0.25, 0.3) is 5.95 Å². The molecule has 0 spiro atoms. The van der Waals surface area contributed by atoms with Crippen molar-refractivity contribution < 1.29 is 14.7 Å². The van der Waals surface area contributed by atoms with Crippen LogP contribution in [0.25, 0.3) is 16.8 Å². The summed E-state index contributed by atoms with van der Waals surface area (Å²) in [5, 5.41) is 18.5. The van der Waals surface area contributed by atoms with Gasteiger partial charge >= 0.3 is 12.0 Å². The topological polar surface area (TPSA) is 122 Å². The number of fused-ring (bicyclic) bond motifs is 1. The van der Waals surface area contributed by atoms with Gasteiger partial charge < -0.3 is 10.4 Å². The Kier molecular flexibility index (Phi) is 4.06. The van der Waals surface area contributed by atoms with E-state index in [1.807, 2.05) is 6.07 Å². The number of carboxylic acids is 1. The Hall–Kier alpha value is -3.49. The van der Waals surface area contributed by atoms with E-state index in [2.05, 4.69) is 25.7 Å². The molecule has 2 amide bonds. The minimum Gasteiger partial charge on any atom is -0.477 e. The quantitative estimate of drug-likeness (QED) is 0.670. The van der Waals surface area contributed by atoms with Crippen LogP contribution in [0.15, 0.2) is 36.7 Å². The highest BCUT2D eigenvalue weighted by molar-refractivity contribution is 5.90. The van der Waals surface area contributed by atoms with Crippen molar-refractivity contribution in [2.45, 2.75) is 6.92 Å². The number of rotatable bonds is 4. The highest BCUT2D eigenvalue weighted by Crippen LogP contribution is 2.22. The van der Waals surface area contributed by atoms with Crippen LogP contribution in [0.1, 0.15) is 17.4 Å². The van der Waals surface area contributed by atoms with Crippen molar-refractivity contribution in [2.24, 2.45) is 0 Å². The number of nitrogens with zero attached hydrogens (tertiary/aromatic N) is 4. The molecule has 0 saturated carbocycles. The lowest BCUT2D eigenvalue weighted by atomic mass is 10.1. The monoisotopic (exact) mass is 326 g/mol. The summed E-state index contributed by atoms with van der Waals surface area (Å²) in [4.78, 5) is 31.3. The molecule has 3 heterocycles. The molecular formula is C15H14N6O3. The Morgan fingerprint density at radius 3 is 2.79 bits per heavy atom. The van der Waals surface area contributed by atoms with Gasteiger partial charge in [-0.15, -0.1) is 5.10 Å².